The van der Waals surface area contributed by atoms with Gasteiger partial charge in [-0.25, -0.2) is 0 Å². The second kappa shape index (κ2) is 7.13. The Morgan fingerprint density at radius 1 is 1.05 bits per heavy atom. The van der Waals surface area contributed by atoms with Crippen LogP contribution in [0.25, 0.3) is 0 Å². The van der Waals surface area contributed by atoms with E-state index >= 15 is 0 Å². The third-order valence-corrected chi connectivity index (χ3v) is 3.64. The van der Waals surface area contributed by atoms with E-state index in [1.807, 2.05) is 20.8 Å². The fourth-order valence-corrected chi connectivity index (χ4v) is 2.43. The molecule has 0 spiro atoms. The van der Waals surface area contributed by atoms with E-state index in [0.717, 1.165) is 0 Å². The lowest BCUT2D eigenvalue weighted by Crippen LogP contribution is -2.36. The maximum Gasteiger partial charge on any atom is 0.326 e. The summed E-state index contributed by atoms with van der Waals surface area (Å²) in [6.45, 7) is 7.54. The van der Waals surface area contributed by atoms with E-state index in [2.05, 4.69) is 4.74 Å². The van der Waals surface area contributed by atoms with Crippen molar-refractivity contribution in [3.8, 4) is 0 Å². The van der Waals surface area contributed by atoms with Crippen molar-refractivity contribution < 1.29 is 19.1 Å². The monoisotopic (exact) mass is 292 g/mol. The van der Waals surface area contributed by atoms with E-state index in [0.29, 0.717) is 25.2 Å². The van der Waals surface area contributed by atoms with Crippen LogP contribution in [0.1, 0.15) is 47.0 Å². The van der Waals surface area contributed by atoms with Gasteiger partial charge in [-0.2, -0.15) is 0 Å². The third-order valence-electron chi connectivity index (χ3n) is 3.29. The van der Waals surface area contributed by atoms with Gasteiger partial charge in [0.05, 0.1) is 19.6 Å². The highest BCUT2D eigenvalue weighted by molar-refractivity contribution is 6.33. The summed E-state index contributed by atoms with van der Waals surface area (Å²) in [5, 5.41) is 0. The van der Waals surface area contributed by atoms with Crippen LogP contribution in [0.3, 0.4) is 0 Å². The number of halogens is 1. The van der Waals surface area contributed by atoms with Crippen molar-refractivity contribution in [3.05, 3.63) is 0 Å². The highest BCUT2D eigenvalue weighted by Gasteiger charge is 2.40. The predicted molar refractivity (Wildman–Crippen MR) is 75.1 cm³/mol. The first-order valence-electron chi connectivity index (χ1n) is 6.45. The zero-order chi connectivity index (χ0) is 15.3. The molecule has 0 heterocycles. The molecule has 0 aromatic heterocycles. The van der Waals surface area contributed by atoms with Gasteiger partial charge in [0, 0.05) is 0 Å². The van der Waals surface area contributed by atoms with E-state index in [-0.39, 0.29) is 5.97 Å². The molecule has 0 saturated carbocycles. The van der Waals surface area contributed by atoms with Crippen LogP contribution in [0.15, 0.2) is 0 Å². The van der Waals surface area contributed by atoms with E-state index < -0.39 is 16.3 Å². The molecule has 0 saturated heterocycles. The average molecular weight is 293 g/mol. The van der Waals surface area contributed by atoms with Crippen LogP contribution in [0, 0.1) is 11.3 Å². The van der Waals surface area contributed by atoms with E-state index in [9.17, 15) is 9.59 Å². The molecule has 0 fully saturated rings. The lowest BCUT2D eigenvalue weighted by atomic mass is 9.76. The molecule has 2 atom stereocenters. The number of esters is 2. The summed E-state index contributed by atoms with van der Waals surface area (Å²) in [7, 11) is 2.68. The molecular weight excluding hydrogens is 268 g/mol. The number of hydrogen-bond acceptors (Lipinski definition) is 4. The molecule has 0 aromatic carbocycles. The normalized spacial score (nSPS) is 17.5. The number of hydrogen-bond donors (Lipinski definition) is 0. The molecule has 0 bridgehead atoms. The summed E-state index contributed by atoms with van der Waals surface area (Å²) < 4.78 is 9.53. The van der Waals surface area contributed by atoms with E-state index in [1.54, 1.807) is 6.92 Å². The van der Waals surface area contributed by atoms with Gasteiger partial charge in [0.15, 0.2) is 0 Å². The zero-order valence-corrected chi connectivity index (χ0v) is 13.5. The van der Waals surface area contributed by atoms with Crippen molar-refractivity contribution in [1.82, 2.24) is 0 Å². The van der Waals surface area contributed by atoms with Gasteiger partial charge in [0.1, 0.15) is 4.87 Å². The highest BCUT2D eigenvalue weighted by Crippen LogP contribution is 2.36. The Morgan fingerprint density at radius 3 is 1.89 bits per heavy atom. The minimum absolute atomic E-state index is 0.265. The summed E-state index contributed by atoms with van der Waals surface area (Å²) in [6, 6.07) is 0. The average Bonchev–Trinajstić information content (AvgIpc) is 2.33. The van der Waals surface area contributed by atoms with Crippen LogP contribution in [-0.2, 0) is 19.1 Å². The summed E-state index contributed by atoms with van der Waals surface area (Å²) in [5.74, 6) is -0.395. The SMILES string of the molecule is COC(=O)C(C)(Cl)CCC(C)(CC(C)C)C(=O)OC. The summed E-state index contributed by atoms with van der Waals surface area (Å²) >= 11 is 6.15. The van der Waals surface area contributed by atoms with Gasteiger partial charge in [-0.15, -0.1) is 11.6 Å². The molecule has 0 aliphatic heterocycles. The van der Waals surface area contributed by atoms with Crippen molar-refractivity contribution in [1.29, 1.82) is 0 Å². The highest BCUT2D eigenvalue weighted by atomic mass is 35.5. The number of rotatable bonds is 7. The van der Waals surface area contributed by atoms with Gasteiger partial charge in [-0.1, -0.05) is 13.8 Å². The molecular formula is C14H25ClO4. The first kappa shape index (κ1) is 18.2. The first-order valence-corrected chi connectivity index (χ1v) is 6.82. The lowest BCUT2D eigenvalue weighted by molar-refractivity contribution is -0.154. The van der Waals surface area contributed by atoms with Crippen molar-refractivity contribution >= 4 is 23.5 Å². The molecule has 0 aromatic rings. The molecule has 0 radical (unpaired) electrons. The largest absolute Gasteiger partial charge is 0.469 e. The fourth-order valence-electron chi connectivity index (χ4n) is 2.26. The van der Waals surface area contributed by atoms with Crippen LogP contribution >= 0.6 is 11.6 Å². The number of methoxy groups -OCH3 is 2. The molecule has 0 aliphatic rings. The Hall–Kier alpha value is -0.770. The molecule has 4 nitrogen and oxygen atoms in total. The quantitative estimate of drug-likeness (QED) is 0.534. The number of ether oxygens (including phenoxy) is 2. The number of carbonyl (C=O) groups is 2. The van der Waals surface area contributed by atoms with Gasteiger partial charge in [0.2, 0.25) is 0 Å². The number of alkyl halides is 1. The van der Waals surface area contributed by atoms with Gasteiger partial charge < -0.3 is 9.47 Å². The first-order chi connectivity index (χ1) is 8.59. The summed E-state index contributed by atoms with van der Waals surface area (Å²) in [6.07, 6.45) is 1.53. The molecule has 5 heteroatoms. The Morgan fingerprint density at radius 2 is 1.53 bits per heavy atom. The van der Waals surface area contributed by atoms with Gasteiger partial charge in [0.25, 0.3) is 0 Å². The smallest absolute Gasteiger partial charge is 0.326 e. The van der Waals surface area contributed by atoms with Crippen LogP contribution in [0.2, 0.25) is 0 Å². The molecule has 0 N–H and O–H groups in total. The lowest BCUT2D eigenvalue weighted by Gasteiger charge is -2.31. The molecule has 0 amide bonds. The maximum absolute atomic E-state index is 11.9. The van der Waals surface area contributed by atoms with Crippen molar-refractivity contribution in [2.75, 3.05) is 14.2 Å². The van der Waals surface area contributed by atoms with Crippen LogP contribution < -0.4 is 0 Å². The van der Waals surface area contributed by atoms with Crippen molar-refractivity contribution in [2.45, 2.75) is 51.8 Å². The predicted octanol–water partition coefficient (Wildman–Crippen LogP) is 3.16. The van der Waals surface area contributed by atoms with Gasteiger partial charge in [-0.3, -0.25) is 9.59 Å². The van der Waals surface area contributed by atoms with Crippen LogP contribution in [0.4, 0.5) is 0 Å². The number of carbonyl (C=O) groups excluding carboxylic acids is 2. The van der Waals surface area contributed by atoms with Gasteiger partial charge >= 0.3 is 11.9 Å². The summed E-state index contributed by atoms with van der Waals surface area (Å²) in [4.78, 5) is 22.4. The molecule has 112 valence electrons. The second-order valence-electron chi connectivity index (χ2n) is 5.84. The maximum atomic E-state index is 11.9. The van der Waals surface area contributed by atoms with Crippen molar-refractivity contribution in [3.63, 3.8) is 0 Å². The Kier molecular flexibility index (Phi) is 6.84. The molecule has 0 rings (SSSR count). The Bertz CT molecular complexity index is 325. The Labute approximate surface area is 120 Å². The molecule has 0 aliphatic carbocycles. The topological polar surface area (TPSA) is 52.6 Å². The minimum atomic E-state index is -1.11. The third kappa shape index (κ3) is 5.39. The van der Waals surface area contributed by atoms with Crippen LogP contribution in [0.5, 0.6) is 0 Å². The fraction of sp³-hybridized carbons (Fsp3) is 0.857. The standard InChI is InChI=1S/C14H25ClO4/c1-10(2)9-13(3,11(16)18-5)7-8-14(4,15)12(17)19-6/h10H,7-9H2,1-6H3. The zero-order valence-electron chi connectivity index (χ0n) is 12.7. The van der Waals surface area contributed by atoms with E-state index in [1.165, 1.54) is 14.2 Å². The van der Waals surface area contributed by atoms with Crippen LogP contribution in [-0.4, -0.2) is 31.0 Å². The Balaban J connectivity index is 4.85. The minimum Gasteiger partial charge on any atom is -0.469 e. The summed E-state index contributed by atoms with van der Waals surface area (Å²) in [5.41, 5.74) is -0.632. The molecule has 19 heavy (non-hydrogen) atoms. The van der Waals surface area contributed by atoms with Crippen molar-refractivity contribution in [2.24, 2.45) is 11.3 Å². The van der Waals surface area contributed by atoms with E-state index in [4.69, 9.17) is 16.3 Å². The molecule has 2 unspecified atom stereocenters. The second-order valence-corrected chi connectivity index (χ2v) is 6.67. The van der Waals surface area contributed by atoms with Gasteiger partial charge in [-0.05, 0) is 39.0 Å².